The quantitative estimate of drug-likeness (QED) is 0.295. The number of carbonyl (C=O) groups is 4. The average Bonchev–Trinajstić information content (AvgIpc) is 3.23. The van der Waals surface area contributed by atoms with Gasteiger partial charge in [-0.1, -0.05) is 78.9 Å². The Hall–Kier alpha value is -5.38. The van der Waals surface area contributed by atoms with Crippen molar-refractivity contribution in [3.8, 4) is 0 Å². The van der Waals surface area contributed by atoms with Crippen molar-refractivity contribution in [3.63, 3.8) is 0 Å². The standard InChI is InChI=1S/C33H30N2O8/c1-3-40-31(38)28-29(34)43-21(2)27(30(37)42-20-23-14-8-5-9-15-23)33(28)24-16-10-11-17-25(24)35(32(33)39)18-26(36)41-19-22-12-6-4-7-13-22/h4-17H,3,18-20,34H2,1-2H3. The highest BCUT2D eigenvalue weighted by atomic mass is 16.5. The van der Waals surface area contributed by atoms with Crippen molar-refractivity contribution in [1.29, 1.82) is 0 Å². The minimum atomic E-state index is -2.11. The zero-order chi connectivity index (χ0) is 30.6. The van der Waals surface area contributed by atoms with Crippen LogP contribution in [0.4, 0.5) is 5.69 Å². The van der Waals surface area contributed by atoms with Gasteiger partial charge in [-0.25, -0.2) is 9.59 Å². The Morgan fingerprint density at radius 1 is 0.791 bits per heavy atom. The minimum absolute atomic E-state index is 0.000662. The number of amides is 1. The number of hydrogen-bond acceptors (Lipinski definition) is 9. The van der Waals surface area contributed by atoms with E-state index in [1.165, 1.54) is 11.8 Å². The van der Waals surface area contributed by atoms with E-state index in [9.17, 15) is 19.2 Å². The summed E-state index contributed by atoms with van der Waals surface area (Å²) in [5, 5.41) is 0. The van der Waals surface area contributed by atoms with Gasteiger partial charge in [0.15, 0.2) is 0 Å². The molecule has 0 radical (unpaired) electrons. The van der Waals surface area contributed by atoms with Crippen LogP contribution in [0.25, 0.3) is 0 Å². The van der Waals surface area contributed by atoms with E-state index in [1.807, 2.05) is 24.3 Å². The molecular formula is C33H30N2O8. The van der Waals surface area contributed by atoms with Gasteiger partial charge in [0.2, 0.25) is 11.8 Å². The monoisotopic (exact) mass is 582 g/mol. The van der Waals surface area contributed by atoms with Crippen LogP contribution < -0.4 is 10.6 Å². The third-order valence-corrected chi connectivity index (χ3v) is 7.20. The van der Waals surface area contributed by atoms with Crippen LogP contribution in [-0.2, 0) is 56.8 Å². The van der Waals surface area contributed by atoms with Gasteiger partial charge in [0.05, 0.1) is 6.61 Å². The molecule has 0 aromatic heterocycles. The largest absolute Gasteiger partial charge is 0.462 e. The summed E-state index contributed by atoms with van der Waals surface area (Å²) in [4.78, 5) is 56.3. The van der Waals surface area contributed by atoms with Gasteiger partial charge in [-0.15, -0.1) is 0 Å². The molecule has 10 heteroatoms. The van der Waals surface area contributed by atoms with Gasteiger partial charge in [0.25, 0.3) is 0 Å². The Labute approximate surface area is 248 Å². The van der Waals surface area contributed by atoms with Crippen LogP contribution in [0.1, 0.15) is 30.5 Å². The first-order chi connectivity index (χ1) is 20.8. The number of anilines is 1. The number of carbonyl (C=O) groups excluding carboxylic acids is 4. The summed E-state index contributed by atoms with van der Waals surface area (Å²) >= 11 is 0. The second kappa shape index (κ2) is 12.2. The third kappa shape index (κ3) is 5.34. The van der Waals surface area contributed by atoms with E-state index in [4.69, 9.17) is 24.7 Å². The average molecular weight is 583 g/mol. The fourth-order valence-electron chi connectivity index (χ4n) is 5.40. The molecule has 10 nitrogen and oxygen atoms in total. The third-order valence-electron chi connectivity index (χ3n) is 7.20. The van der Waals surface area contributed by atoms with Crippen LogP contribution in [0.15, 0.2) is 108 Å². The Kier molecular flexibility index (Phi) is 8.29. The van der Waals surface area contributed by atoms with Crippen LogP contribution in [0.5, 0.6) is 0 Å². The van der Waals surface area contributed by atoms with Gasteiger partial charge in [0, 0.05) is 11.3 Å². The number of nitrogens with two attached hydrogens (primary N) is 1. The summed E-state index contributed by atoms with van der Waals surface area (Å²) in [5.41, 5.74) is 5.57. The van der Waals surface area contributed by atoms with Gasteiger partial charge in [-0.3, -0.25) is 14.5 Å². The summed E-state index contributed by atoms with van der Waals surface area (Å²) in [6, 6.07) is 24.6. The number of fused-ring (bicyclic) bond motifs is 2. The zero-order valence-corrected chi connectivity index (χ0v) is 23.7. The SMILES string of the molecule is CCOC(=O)C1=C(N)OC(C)=C(C(=O)OCc2ccccc2)C12C(=O)N(CC(=O)OCc1ccccc1)c1ccccc12. The summed E-state index contributed by atoms with van der Waals surface area (Å²) < 4.78 is 22.1. The number of nitrogens with zero attached hydrogens (tertiary/aromatic N) is 1. The van der Waals surface area contributed by atoms with Crippen molar-refractivity contribution in [2.75, 3.05) is 18.1 Å². The molecule has 2 N–H and O–H groups in total. The lowest BCUT2D eigenvalue weighted by Gasteiger charge is -2.36. The Bertz CT molecular complexity index is 1630. The van der Waals surface area contributed by atoms with Crippen LogP contribution in [0.3, 0.4) is 0 Å². The van der Waals surface area contributed by atoms with Gasteiger partial charge in [-0.05, 0) is 31.0 Å². The van der Waals surface area contributed by atoms with Crippen molar-refractivity contribution in [3.05, 3.63) is 124 Å². The van der Waals surface area contributed by atoms with Crippen LogP contribution in [-0.4, -0.2) is 37.0 Å². The molecule has 3 aromatic carbocycles. The molecule has 3 aromatic rings. The molecule has 2 aliphatic rings. The molecular weight excluding hydrogens is 552 g/mol. The molecule has 0 saturated carbocycles. The van der Waals surface area contributed by atoms with E-state index >= 15 is 0 Å². The maximum atomic E-state index is 14.7. The van der Waals surface area contributed by atoms with Gasteiger partial charge in [0.1, 0.15) is 42.1 Å². The highest BCUT2D eigenvalue weighted by molar-refractivity contribution is 6.23. The fraction of sp³-hybridized carbons (Fsp3) is 0.212. The number of ether oxygens (including phenoxy) is 4. The Balaban J connectivity index is 1.58. The fourth-order valence-corrected chi connectivity index (χ4v) is 5.40. The number of allylic oxidation sites excluding steroid dienone is 1. The first-order valence-corrected chi connectivity index (χ1v) is 13.7. The number of para-hydroxylation sites is 1. The van der Waals surface area contributed by atoms with E-state index < -0.39 is 41.7 Å². The second-order valence-electron chi connectivity index (χ2n) is 9.86. The lowest BCUT2D eigenvalue weighted by molar-refractivity contribution is -0.144. The maximum Gasteiger partial charge on any atom is 0.341 e. The number of benzene rings is 3. The predicted octanol–water partition coefficient (Wildman–Crippen LogP) is 3.80. The van der Waals surface area contributed by atoms with Gasteiger partial charge >= 0.3 is 17.9 Å². The summed E-state index contributed by atoms with van der Waals surface area (Å²) in [5.74, 6) is -3.73. The molecule has 220 valence electrons. The molecule has 5 rings (SSSR count). The van der Waals surface area contributed by atoms with Gasteiger partial charge < -0.3 is 24.7 Å². The number of esters is 3. The van der Waals surface area contributed by atoms with E-state index in [-0.39, 0.29) is 42.3 Å². The molecule has 0 bridgehead atoms. The van der Waals surface area contributed by atoms with Crippen molar-refractivity contribution in [2.45, 2.75) is 32.5 Å². The number of rotatable bonds is 9. The topological polar surface area (TPSA) is 134 Å². The summed E-state index contributed by atoms with van der Waals surface area (Å²) in [6.45, 7) is 2.42. The van der Waals surface area contributed by atoms with Crippen LogP contribution >= 0.6 is 0 Å². The maximum absolute atomic E-state index is 14.7. The lowest BCUT2D eigenvalue weighted by Crippen LogP contribution is -2.51. The predicted molar refractivity (Wildman–Crippen MR) is 155 cm³/mol. The number of hydrogen-bond donors (Lipinski definition) is 1. The minimum Gasteiger partial charge on any atom is -0.462 e. The molecule has 1 spiro atoms. The van der Waals surface area contributed by atoms with Crippen LogP contribution in [0.2, 0.25) is 0 Å². The lowest BCUT2D eigenvalue weighted by atomic mass is 9.67. The van der Waals surface area contributed by atoms with Crippen molar-refractivity contribution in [1.82, 2.24) is 0 Å². The molecule has 1 amide bonds. The molecule has 2 aliphatic heterocycles. The smallest absolute Gasteiger partial charge is 0.341 e. The first kappa shape index (κ1) is 29.1. The molecule has 0 saturated heterocycles. The summed E-state index contributed by atoms with van der Waals surface area (Å²) in [6.07, 6.45) is 0. The van der Waals surface area contributed by atoms with Crippen molar-refractivity contribution >= 4 is 29.5 Å². The Morgan fingerprint density at radius 3 is 1.98 bits per heavy atom. The van der Waals surface area contributed by atoms with E-state index in [2.05, 4.69) is 0 Å². The van der Waals surface area contributed by atoms with Gasteiger partial charge in [-0.2, -0.15) is 0 Å². The van der Waals surface area contributed by atoms with E-state index in [0.29, 0.717) is 11.3 Å². The first-order valence-electron chi connectivity index (χ1n) is 13.7. The van der Waals surface area contributed by atoms with E-state index in [1.54, 1.807) is 67.6 Å². The molecule has 0 fully saturated rings. The van der Waals surface area contributed by atoms with Crippen LogP contribution in [0, 0.1) is 0 Å². The second-order valence-corrected chi connectivity index (χ2v) is 9.86. The zero-order valence-electron chi connectivity index (χ0n) is 23.7. The molecule has 43 heavy (non-hydrogen) atoms. The highest BCUT2D eigenvalue weighted by Crippen LogP contribution is 2.54. The van der Waals surface area contributed by atoms with E-state index in [0.717, 1.165) is 5.56 Å². The molecule has 2 heterocycles. The van der Waals surface area contributed by atoms with Crippen molar-refractivity contribution in [2.24, 2.45) is 5.73 Å². The molecule has 1 unspecified atom stereocenters. The normalized spacial score (nSPS) is 17.4. The Morgan fingerprint density at radius 2 is 1.35 bits per heavy atom. The van der Waals surface area contributed by atoms with Crippen molar-refractivity contribution < 1.29 is 38.1 Å². The highest BCUT2D eigenvalue weighted by Gasteiger charge is 2.64. The summed E-state index contributed by atoms with van der Waals surface area (Å²) in [7, 11) is 0. The molecule has 1 atom stereocenters. The molecule has 0 aliphatic carbocycles.